The quantitative estimate of drug-likeness (QED) is 0.624. The number of unbranched alkanes of at least 4 members (excludes halogenated alkanes) is 2. The van der Waals surface area contributed by atoms with Gasteiger partial charge in [-0.2, -0.15) is 0 Å². The van der Waals surface area contributed by atoms with Crippen LogP contribution in [0.15, 0.2) is 6.07 Å². The standard InChI is InChI=1S/C23H36O4/c1-21(2,3)16-13-17-15(19(20(16)26)22(4,5)6)14-23(7,27-17)12-10-8-9-11-18(24)25/h13,26H,8-12,14H2,1-7H3,(H,24,25). The second-order valence-electron chi connectivity index (χ2n) is 10.3. The highest BCUT2D eigenvalue weighted by molar-refractivity contribution is 5.66. The first-order chi connectivity index (χ1) is 12.2. The summed E-state index contributed by atoms with van der Waals surface area (Å²) in [7, 11) is 0. The highest BCUT2D eigenvalue weighted by atomic mass is 16.5. The molecule has 0 fully saturated rings. The van der Waals surface area contributed by atoms with Crippen LogP contribution in [0.1, 0.15) is 97.3 Å². The van der Waals surface area contributed by atoms with Crippen molar-refractivity contribution in [2.45, 2.75) is 103 Å². The Balaban J connectivity index is 2.28. The molecule has 0 saturated heterocycles. The van der Waals surface area contributed by atoms with Crippen LogP contribution < -0.4 is 4.74 Å². The van der Waals surface area contributed by atoms with Crippen LogP contribution in [0, 0.1) is 0 Å². The zero-order valence-electron chi connectivity index (χ0n) is 18.0. The average molecular weight is 377 g/mol. The Morgan fingerprint density at radius 1 is 1.11 bits per heavy atom. The monoisotopic (exact) mass is 376 g/mol. The van der Waals surface area contributed by atoms with Crippen LogP contribution in [0.5, 0.6) is 11.5 Å². The van der Waals surface area contributed by atoms with Crippen molar-refractivity contribution in [3.8, 4) is 11.5 Å². The maximum Gasteiger partial charge on any atom is 0.303 e. The van der Waals surface area contributed by atoms with E-state index in [1.54, 1.807) is 0 Å². The third kappa shape index (κ3) is 4.97. The van der Waals surface area contributed by atoms with Gasteiger partial charge in [-0.15, -0.1) is 0 Å². The second kappa shape index (κ2) is 7.37. The molecule has 0 saturated carbocycles. The number of hydrogen-bond acceptors (Lipinski definition) is 3. The summed E-state index contributed by atoms with van der Waals surface area (Å²) in [5.74, 6) is 0.574. The summed E-state index contributed by atoms with van der Waals surface area (Å²) in [5, 5.41) is 19.9. The minimum atomic E-state index is -0.731. The number of rotatable bonds is 6. The Labute approximate surface area is 163 Å². The number of phenols is 1. The van der Waals surface area contributed by atoms with Gasteiger partial charge < -0.3 is 14.9 Å². The number of fused-ring (bicyclic) bond motifs is 1. The molecule has 4 nitrogen and oxygen atoms in total. The van der Waals surface area contributed by atoms with E-state index in [9.17, 15) is 9.90 Å². The molecule has 0 spiro atoms. The summed E-state index contributed by atoms with van der Waals surface area (Å²) in [5.41, 5.74) is 2.41. The van der Waals surface area contributed by atoms with Crippen molar-refractivity contribution in [3.63, 3.8) is 0 Å². The first-order valence-corrected chi connectivity index (χ1v) is 10.1. The predicted octanol–water partition coefficient (Wildman–Crippen LogP) is 5.72. The van der Waals surface area contributed by atoms with E-state index in [4.69, 9.17) is 9.84 Å². The minimum absolute atomic E-state index is 0.168. The number of aromatic hydroxyl groups is 1. The molecule has 0 bridgehead atoms. The fraction of sp³-hybridized carbons (Fsp3) is 0.696. The summed E-state index contributed by atoms with van der Waals surface area (Å²) in [6, 6.07) is 2.02. The van der Waals surface area contributed by atoms with Crippen molar-refractivity contribution in [3.05, 3.63) is 22.8 Å². The molecule has 1 aliphatic heterocycles. The minimum Gasteiger partial charge on any atom is -0.507 e. The molecule has 4 heteroatoms. The third-order valence-corrected chi connectivity index (χ3v) is 5.43. The van der Waals surface area contributed by atoms with Gasteiger partial charge in [-0.3, -0.25) is 4.79 Å². The van der Waals surface area contributed by atoms with E-state index >= 15 is 0 Å². The molecule has 0 radical (unpaired) electrons. The molecule has 1 atom stereocenters. The number of carboxylic acid groups (broad SMARTS) is 1. The lowest BCUT2D eigenvalue weighted by Crippen LogP contribution is -2.30. The van der Waals surface area contributed by atoms with Crippen LogP contribution in [0.4, 0.5) is 0 Å². The Morgan fingerprint density at radius 3 is 2.26 bits per heavy atom. The molecule has 1 heterocycles. The van der Waals surface area contributed by atoms with Gasteiger partial charge in [0.2, 0.25) is 0 Å². The van der Waals surface area contributed by atoms with Crippen LogP contribution in [0.25, 0.3) is 0 Å². The lowest BCUT2D eigenvalue weighted by molar-refractivity contribution is -0.137. The molecule has 1 aliphatic rings. The largest absolute Gasteiger partial charge is 0.507 e. The van der Waals surface area contributed by atoms with Crippen LogP contribution in [-0.2, 0) is 22.0 Å². The smallest absolute Gasteiger partial charge is 0.303 e. The molecule has 1 aromatic carbocycles. The summed E-state index contributed by atoms with van der Waals surface area (Å²) in [4.78, 5) is 10.7. The Morgan fingerprint density at radius 2 is 1.74 bits per heavy atom. The van der Waals surface area contributed by atoms with Gasteiger partial charge in [0.25, 0.3) is 0 Å². The van der Waals surface area contributed by atoms with Crippen LogP contribution >= 0.6 is 0 Å². The lowest BCUT2D eigenvalue weighted by Gasteiger charge is -2.29. The van der Waals surface area contributed by atoms with Crippen molar-refractivity contribution in [1.29, 1.82) is 0 Å². The third-order valence-electron chi connectivity index (χ3n) is 5.43. The number of hydrogen-bond donors (Lipinski definition) is 2. The Kier molecular flexibility index (Phi) is 5.89. The maximum absolute atomic E-state index is 11.1. The first-order valence-electron chi connectivity index (χ1n) is 10.1. The molecular formula is C23H36O4. The topological polar surface area (TPSA) is 66.8 Å². The maximum atomic E-state index is 11.1. The van der Waals surface area contributed by atoms with Gasteiger partial charge in [0.1, 0.15) is 17.1 Å². The second-order valence-corrected chi connectivity index (χ2v) is 10.3. The SMILES string of the molecule is CC1(CCCCCC(=O)O)Cc2c(cc(C(C)(C)C)c(O)c2C(C)(C)C)O1. The number of aliphatic carboxylic acids is 1. The van der Waals surface area contributed by atoms with Crippen LogP contribution in [-0.4, -0.2) is 21.8 Å². The number of carboxylic acids is 1. The fourth-order valence-electron chi connectivity index (χ4n) is 4.10. The molecule has 0 aromatic heterocycles. The molecule has 2 rings (SSSR count). The van der Waals surface area contributed by atoms with Gasteiger partial charge in [-0.05, 0) is 43.1 Å². The number of carbonyl (C=O) groups is 1. The van der Waals surface area contributed by atoms with Crippen LogP contribution in [0.3, 0.4) is 0 Å². The molecule has 1 aromatic rings. The zero-order valence-corrected chi connectivity index (χ0v) is 18.0. The van der Waals surface area contributed by atoms with E-state index in [2.05, 4.69) is 48.5 Å². The molecule has 0 amide bonds. The molecule has 152 valence electrons. The molecule has 2 N–H and O–H groups in total. The fourth-order valence-corrected chi connectivity index (χ4v) is 4.10. The predicted molar refractivity (Wildman–Crippen MR) is 109 cm³/mol. The van der Waals surface area contributed by atoms with Crippen LogP contribution in [0.2, 0.25) is 0 Å². The van der Waals surface area contributed by atoms with E-state index in [0.29, 0.717) is 12.2 Å². The molecule has 1 unspecified atom stereocenters. The summed E-state index contributed by atoms with van der Waals surface area (Å²) < 4.78 is 6.42. The van der Waals surface area contributed by atoms with Crippen molar-refractivity contribution in [1.82, 2.24) is 0 Å². The zero-order chi connectivity index (χ0) is 20.6. The molecular weight excluding hydrogens is 340 g/mol. The lowest BCUT2D eigenvalue weighted by atomic mass is 9.76. The number of benzene rings is 1. The summed E-state index contributed by atoms with van der Waals surface area (Å²) in [6.45, 7) is 14.9. The number of phenolic OH excluding ortho intramolecular Hbond substituents is 1. The van der Waals surface area contributed by atoms with E-state index in [-0.39, 0.29) is 22.9 Å². The highest BCUT2D eigenvalue weighted by Crippen LogP contribution is 2.50. The van der Waals surface area contributed by atoms with E-state index in [0.717, 1.165) is 48.1 Å². The van der Waals surface area contributed by atoms with E-state index in [1.807, 2.05) is 6.07 Å². The summed E-state index contributed by atoms with van der Waals surface area (Å²) in [6.07, 6.45) is 4.45. The average Bonchev–Trinajstić information content (AvgIpc) is 2.79. The summed E-state index contributed by atoms with van der Waals surface area (Å²) >= 11 is 0. The van der Waals surface area contributed by atoms with Gasteiger partial charge in [0.15, 0.2) is 0 Å². The van der Waals surface area contributed by atoms with Gasteiger partial charge >= 0.3 is 5.97 Å². The molecule has 27 heavy (non-hydrogen) atoms. The highest BCUT2D eigenvalue weighted by Gasteiger charge is 2.40. The normalized spacial score (nSPS) is 19.7. The van der Waals surface area contributed by atoms with E-state index < -0.39 is 5.97 Å². The Hall–Kier alpha value is -1.71. The van der Waals surface area contributed by atoms with Gasteiger partial charge in [0.05, 0.1) is 0 Å². The Bertz CT molecular complexity index is 707. The van der Waals surface area contributed by atoms with Gasteiger partial charge in [0, 0.05) is 29.5 Å². The van der Waals surface area contributed by atoms with Gasteiger partial charge in [-0.1, -0.05) is 48.0 Å². The molecule has 0 aliphatic carbocycles. The van der Waals surface area contributed by atoms with Crippen molar-refractivity contribution < 1.29 is 19.7 Å². The first kappa shape index (κ1) is 21.6. The van der Waals surface area contributed by atoms with Crippen molar-refractivity contribution in [2.24, 2.45) is 0 Å². The van der Waals surface area contributed by atoms with E-state index in [1.165, 1.54) is 0 Å². The van der Waals surface area contributed by atoms with Crippen molar-refractivity contribution in [2.75, 3.05) is 0 Å². The number of ether oxygens (including phenoxy) is 1. The van der Waals surface area contributed by atoms with Crippen molar-refractivity contribution >= 4 is 5.97 Å². The van der Waals surface area contributed by atoms with Gasteiger partial charge in [-0.25, -0.2) is 0 Å².